The van der Waals surface area contributed by atoms with Crippen molar-refractivity contribution in [2.24, 2.45) is 5.92 Å². The van der Waals surface area contributed by atoms with Crippen molar-refractivity contribution in [1.29, 1.82) is 0 Å². The molecule has 0 unspecified atom stereocenters. The summed E-state index contributed by atoms with van der Waals surface area (Å²) in [6.07, 6.45) is 2.39. The van der Waals surface area contributed by atoms with Crippen LogP contribution in [0.5, 0.6) is 0 Å². The summed E-state index contributed by atoms with van der Waals surface area (Å²) in [6, 6.07) is 8.57. The van der Waals surface area contributed by atoms with Gasteiger partial charge in [0.2, 0.25) is 11.8 Å². The molecule has 0 saturated carbocycles. The molecule has 48 heavy (non-hydrogen) atoms. The lowest BCUT2D eigenvalue weighted by Gasteiger charge is -2.35. The molecule has 2 aliphatic rings. The lowest BCUT2D eigenvalue weighted by atomic mass is 10.0. The zero-order chi connectivity index (χ0) is 34.0. The lowest BCUT2D eigenvalue weighted by Crippen LogP contribution is -2.53. The average Bonchev–Trinajstić information content (AvgIpc) is 3.76. The fourth-order valence-electron chi connectivity index (χ4n) is 5.83. The molecule has 0 aliphatic carbocycles. The number of carbonyl (C=O) groups is 4. The fraction of sp³-hybridized carbons (Fsp3) is 0.529. The van der Waals surface area contributed by atoms with Crippen LogP contribution in [0.3, 0.4) is 0 Å². The highest BCUT2D eigenvalue weighted by molar-refractivity contribution is 7.10. The molecule has 2 aliphatic heterocycles. The maximum atomic E-state index is 13.6. The summed E-state index contributed by atoms with van der Waals surface area (Å²) in [5, 5.41) is 13.9. The van der Waals surface area contributed by atoms with Crippen LogP contribution in [0.15, 0.2) is 41.1 Å². The average molecular weight is 696 g/mol. The smallest absolute Gasteiger partial charge is 0.271 e. The first-order valence-electron chi connectivity index (χ1n) is 16.6. The lowest BCUT2D eigenvalue weighted by molar-refractivity contribution is -0.142. The van der Waals surface area contributed by atoms with E-state index < -0.39 is 6.04 Å². The molecule has 3 N–H and O–H groups in total. The molecular formula is C34H45N7O5S2. The van der Waals surface area contributed by atoms with Crippen molar-refractivity contribution in [2.75, 3.05) is 46.4 Å². The Morgan fingerprint density at radius 2 is 1.62 bits per heavy atom. The number of ether oxygens (including phenoxy) is 1. The SMILES string of the molecule is CC(C)C[C@@H]1NC(=O)CCCN(C(=O)[C@H]2COCCN2C)CCCNC(=O)c2csc(n2)[C@H](Cc2ccccc2)NC(=O)c2csc1n2. The molecule has 4 heterocycles. The molecular weight excluding hydrogens is 651 g/mol. The van der Waals surface area contributed by atoms with Crippen molar-refractivity contribution in [1.82, 2.24) is 35.7 Å². The van der Waals surface area contributed by atoms with E-state index in [0.29, 0.717) is 75.1 Å². The summed E-state index contributed by atoms with van der Waals surface area (Å²) in [7, 11) is 1.92. The second-order valence-electron chi connectivity index (χ2n) is 12.7. The van der Waals surface area contributed by atoms with Gasteiger partial charge in [0.25, 0.3) is 11.8 Å². The number of likely N-dealkylation sites (N-methyl/N-ethyl adjacent to an activating group) is 1. The molecule has 3 aromatic rings. The Kier molecular flexibility index (Phi) is 12.7. The number of nitrogens with zero attached hydrogens (tertiary/aromatic N) is 4. The summed E-state index contributed by atoms with van der Waals surface area (Å²) in [5.74, 6) is -0.560. The zero-order valence-corrected chi connectivity index (χ0v) is 29.4. The van der Waals surface area contributed by atoms with Gasteiger partial charge in [-0.1, -0.05) is 44.2 Å². The van der Waals surface area contributed by atoms with E-state index in [9.17, 15) is 19.2 Å². The number of aromatic nitrogens is 2. The van der Waals surface area contributed by atoms with Crippen molar-refractivity contribution in [3.8, 4) is 0 Å². The summed E-state index contributed by atoms with van der Waals surface area (Å²) >= 11 is 2.67. The predicted molar refractivity (Wildman–Crippen MR) is 185 cm³/mol. The molecule has 1 fully saturated rings. The number of fused-ring (bicyclic) bond motifs is 4. The fourth-order valence-corrected chi connectivity index (χ4v) is 7.54. The number of benzene rings is 1. The quantitative estimate of drug-likeness (QED) is 0.367. The maximum Gasteiger partial charge on any atom is 0.271 e. The molecule has 0 radical (unpaired) electrons. The summed E-state index contributed by atoms with van der Waals surface area (Å²) in [6.45, 7) is 6.92. The number of thiazole rings is 2. The van der Waals surface area contributed by atoms with E-state index in [-0.39, 0.29) is 59.4 Å². The second kappa shape index (κ2) is 17.1. The number of rotatable bonds is 5. The van der Waals surface area contributed by atoms with Crippen molar-refractivity contribution < 1.29 is 23.9 Å². The van der Waals surface area contributed by atoms with Crippen LogP contribution in [-0.2, 0) is 20.7 Å². The van der Waals surface area contributed by atoms with Crippen LogP contribution in [0.2, 0.25) is 0 Å². The van der Waals surface area contributed by atoms with Gasteiger partial charge in [-0.05, 0) is 44.2 Å². The minimum absolute atomic E-state index is 0.0407. The first-order valence-corrected chi connectivity index (χ1v) is 18.3. The molecule has 2 aromatic heterocycles. The van der Waals surface area contributed by atoms with E-state index in [1.165, 1.54) is 22.7 Å². The maximum absolute atomic E-state index is 13.6. The van der Waals surface area contributed by atoms with E-state index in [1.54, 1.807) is 15.7 Å². The van der Waals surface area contributed by atoms with E-state index >= 15 is 0 Å². The monoisotopic (exact) mass is 695 g/mol. The zero-order valence-electron chi connectivity index (χ0n) is 27.8. The van der Waals surface area contributed by atoms with Crippen molar-refractivity contribution in [3.63, 3.8) is 0 Å². The highest BCUT2D eigenvalue weighted by Crippen LogP contribution is 2.27. The number of hydrogen-bond donors (Lipinski definition) is 3. The summed E-state index contributed by atoms with van der Waals surface area (Å²) in [5.41, 5.74) is 1.56. The van der Waals surface area contributed by atoms with Crippen LogP contribution in [-0.4, -0.2) is 95.9 Å². The highest BCUT2D eigenvalue weighted by Gasteiger charge is 2.31. The molecule has 1 aromatic carbocycles. The van der Waals surface area contributed by atoms with Gasteiger partial charge in [-0.3, -0.25) is 24.1 Å². The van der Waals surface area contributed by atoms with Gasteiger partial charge in [-0.15, -0.1) is 22.7 Å². The van der Waals surface area contributed by atoms with Gasteiger partial charge in [0.15, 0.2) is 0 Å². The standard InChI is InChI=1S/C34H45N7O5S2/c1-22(2)17-24-32-39-27(21-48-32)31(44)37-25(18-23-9-5-4-6-10-23)33-38-26(20-47-33)30(43)35-12-8-14-41(13-7-11-29(42)36-24)34(45)28-19-46-16-15-40(28)3/h4-6,9-10,20-22,24-25,28H,7-8,11-19H2,1-3H3,(H,35,43)(H,36,42)(H,37,44)/t24-,25-,28+/m0/s1. The Morgan fingerprint density at radius 1 is 0.938 bits per heavy atom. The van der Waals surface area contributed by atoms with Crippen LogP contribution in [0, 0.1) is 5.92 Å². The molecule has 1 saturated heterocycles. The van der Waals surface area contributed by atoms with Crippen LogP contribution in [0.25, 0.3) is 0 Å². The van der Waals surface area contributed by atoms with Gasteiger partial charge < -0.3 is 25.6 Å². The third-order valence-electron chi connectivity index (χ3n) is 8.45. The van der Waals surface area contributed by atoms with Crippen molar-refractivity contribution >= 4 is 46.3 Å². The van der Waals surface area contributed by atoms with E-state index in [4.69, 9.17) is 4.74 Å². The number of nitrogens with one attached hydrogen (secondary N) is 3. The van der Waals surface area contributed by atoms with Crippen LogP contribution in [0.4, 0.5) is 0 Å². The number of morpholine rings is 1. The summed E-state index contributed by atoms with van der Waals surface area (Å²) in [4.78, 5) is 66.6. The molecule has 5 rings (SSSR count). The Labute approximate surface area is 289 Å². The van der Waals surface area contributed by atoms with Gasteiger partial charge >= 0.3 is 0 Å². The van der Waals surface area contributed by atoms with Crippen LogP contribution in [0.1, 0.15) is 88.2 Å². The third-order valence-corrected chi connectivity index (χ3v) is 10.4. The van der Waals surface area contributed by atoms with Gasteiger partial charge in [0.1, 0.15) is 27.4 Å². The van der Waals surface area contributed by atoms with Crippen molar-refractivity contribution in [3.05, 3.63) is 68.1 Å². The third kappa shape index (κ3) is 9.68. The van der Waals surface area contributed by atoms with Gasteiger partial charge in [-0.2, -0.15) is 0 Å². The Hall–Kier alpha value is -3.72. The molecule has 258 valence electrons. The largest absolute Gasteiger partial charge is 0.378 e. The number of amides is 4. The predicted octanol–water partition coefficient (Wildman–Crippen LogP) is 3.59. The minimum atomic E-state index is -0.488. The molecule has 12 nitrogen and oxygen atoms in total. The number of hydrogen-bond acceptors (Lipinski definition) is 10. The second-order valence-corrected chi connectivity index (χ2v) is 14.5. The topological polar surface area (TPSA) is 146 Å². The number of carbonyl (C=O) groups excluding carboxylic acids is 4. The first-order chi connectivity index (χ1) is 23.2. The summed E-state index contributed by atoms with van der Waals surface area (Å²) < 4.78 is 5.61. The van der Waals surface area contributed by atoms with Crippen LogP contribution < -0.4 is 16.0 Å². The van der Waals surface area contributed by atoms with E-state index in [0.717, 1.165) is 5.56 Å². The van der Waals surface area contributed by atoms with E-state index in [2.05, 4.69) is 39.8 Å². The van der Waals surface area contributed by atoms with Gasteiger partial charge in [-0.25, -0.2) is 9.97 Å². The Balaban J connectivity index is 1.40. The van der Waals surface area contributed by atoms with Crippen LogP contribution >= 0.6 is 22.7 Å². The first kappa shape index (κ1) is 35.6. The Morgan fingerprint density at radius 3 is 2.33 bits per heavy atom. The molecule has 4 bridgehead atoms. The van der Waals surface area contributed by atoms with E-state index in [1.807, 2.05) is 42.3 Å². The molecule has 0 spiro atoms. The minimum Gasteiger partial charge on any atom is -0.378 e. The van der Waals surface area contributed by atoms with Gasteiger partial charge in [0.05, 0.1) is 25.3 Å². The molecule has 14 heteroatoms. The normalized spacial score (nSPS) is 22.4. The van der Waals surface area contributed by atoms with Crippen molar-refractivity contribution in [2.45, 2.75) is 64.1 Å². The molecule has 3 atom stereocenters. The highest BCUT2D eigenvalue weighted by atomic mass is 32.1. The Bertz CT molecular complexity index is 1550. The molecule has 4 amide bonds. The van der Waals surface area contributed by atoms with Gasteiger partial charge in [0, 0.05) is 43.4 Å².